The summed E-state index contributed by atoms with van der Waals surface area (Å²) in [6.07, 6.45) is 4.95. The molecule has 0 saturated carbocycles. The van der Waals surface area contributed by atoms with E-state index in [2.05, 4.69) is 38.4 Å². The van der Waals surface area contributed by atoms with Crippen LogP contribution >= 0.6 is 0 Å². The molecule has 0 spiro atoms. The fourth-order valence-electron chi connectivity index (χ4n) is 1.67. The maximum atomic E-state index is 4.31. The van der Waals surface area contributed by atoms with Gasteiger partial charge in [-0.15, -0.1) is 0 Å². The number of nitrogens with zero attached hydrogens (tertiary/aromatic N) is 1. The Labute approximate surface area is 86.9 Å². The third-order valence-electron chi connectivity index (χ3n) is 2.41. The van der Waals surface area contributed by atoms with Crippen molar-refractivity contribution in [2.75, 3.05) is 0 Å². The molecule has 1 nitrogen and oxygen atoms in total. The molecule has 76 valence electrons. The zero-order valence-corrected chi connectivity index (χ0v) is 9.33. The van der Waals surface area contributed by atoms with Crippen molar-refractivity contribution >= 4 is 6.08 Å². The van der Waals surface area contributed by atoms with Gasteiger partial charge in [0.25, 0.3) is 0 Å². The second-order valence-corrected chi connectivity index (χ2v) is 4.25. The lowest BCUT2D eigenvalue weighted by atomic mass is 9.93. The summed E-state index contributed by atoms with van der Waals surface area (Å²) in [6.45, 7) is 10.4. The van der Waals surface area contributed by atoms with Crippen LogP contribution in [0.25, 0.3) is 6.08 Å². The van der Waals surface area contributed by atoms with Gasteiger partial charge in [0.2, 0.25) is 0 Å². The molecule has 0 radical (unpaired) electrons. The summed E-state index contributed by atoms with van der Waals surface area (Å²) in [7, 11) is 0. The van der Waals surface area contributed by atoms with Crippen LogP contribution in [0.15, 0.2) is 24.9 Å². The van der Waals surface area contributed by atoms with E-state index in [4.69, 9.17) is 0 Å². The number of hydrogen-bond donors (Lipinski definition) is 0. The summed E-state index contributed by atoms with van der Waals surface area (Å²) in [5.74, 6) is 1.34. The highest BCUT2D eigenvalue weighted by Gasteiger charge is 2.07. The van der Waals surface area contributed by atoms with E-state index in [1.165, 1.54) is 12.0 Å². The van der Waals surface area contributed by atoms with Crippen LogP contribution in [0.1, 0.15) is 44.4 Å². The van der Waals surface area contributed by atoms with Crippen LogP contribution < -0.4 is 0 Å². The fourth-order valence-corrected chi connectivity index (χ4v) is 1.67. The van der Waals surface area contributed by atoms with Gasteiger partial charge in [-0.05, 0) is 36.0 Å². The first kappa shape index (κ1) is 11.0. The van der Waals surface area contributed by atoms with E-state index in [0.717, 1.165) is 11.6 Å². The molecule has 0 aliphatic carbocycles. The van der Waals surface area contributed by atoms with E-state index in [0.29, 0.717) is 5.92 Å². The zero-order valence-electron chi connectivity index (χ0n) is 9.33. The average Bonchev–Trinajstić information content (AvgIpc) is 2.17. The van der Waals surface area contributed by atoms with Crippen molar-refractivity contribution in [1.29, 1.82) is 0 Å². The smallest absolute Gasteiger partial charge is 0.0623 e. The van der Waals surface area contributed by atoms with Crippen molar-refractivity contribution < 1.29 is 0 Å². The van der Waals surface area contributed by atoms with Gasteiger partial charge in [-0.25, -0.2) is 0 Å². The topological polar surface area (TPSA) is 12.9 Å². The molecule has 1 rings (SSSR count). The van der Waals surface area contributed by atoms with E-state index >= 15 is 0 Å². The Bertz CT molecular complexity index is 285. The van der Waals surface area contributed by atoms with Gasteiger partial charge in [0.05, 0.1) is 5.69 Å². The van der Waals surface area contributed by atoms with Gasteiger partial charge in [0.15, 0.2) is 0 Å². The maximum absolute atomic E-state index is 4.31. The number of rotatable bonds is 4. The van der Waals surface area contributed by atoms with Gasteiger partial charge >= 0.3 is 0 Å². The second kappa shape index (κ2) is 4.94. The van der Waals surface area contributed by atoms with Gasteiger partial charge < -0.3 is 0 Å². The predicted octanol–water partition coefficient (Wildman–Crippen LogP) is 3.87. The molecule has 0 bridgehead atoms. The van der Waals surface area contributed by atoms with Crippen molar-refractivity contribution in [3.05, 3.63) is 36.2 Å². The molecule has 0 aromatic carbocycles. The lowest BCUT2D eigenvalue weighted by Crippen LogP contribution is -1.99. The number of pyridine rings is 1. The van der Waals surface area contributed by atoms with Crippen molar-refractivity contribution in [3.8, 4) is 0 Å². The number of aromatic nitrogens is 1. The first-order valence-electron chi connectivity index (χ1n) is 5.22. The summed E-state index contributed by atoms with van der Waals surface area (Å²) in [6, 6.07) is 4.18. The first-order valence-corrected chi connectivity index (χ1v) is 5.22. The average molecular weight is 189 g/mol. The predicted molar refractivity (Wildman–Crippen MR) is 62.2 cm³/mol. The molecule has 0 aliphatic rings. The lowest BCUT2D eigenvalue weighted by molar-refractivity contribution is 0.523. The van der Waals surface area contributed by atoms with Crippen molar-refractivity contribution in [3.63, 3.8) is 0 Å². The summed E-state index contributed by atoms with van der Waals surface area (Å²) >= 11 is 0. The summed E-state index contributed by atoms with van der Waals surface area (Å²) in [5.41, 5.74) is 2.27. The van der Waals surface area contributed by atoms with Crippen LogP contribution in [0.2, 0.25) is 0 Å². The molecule has 1 heterocycles. The lowest BCUT2D eigenvalue weighted by Gasteiger charge is -2.13. The van der Waals surface area contributed by atoms with Crippen molar-refractivity contribution in [1.82, 2.24) is 4.98 Å². The highest BCUT2D eigenvalue weighted by molar-refractivity contribution is 5.41. The molecule has 1 aromatic rings. The monoisotopic (exact) mass is 189 g/mol. The van der Waals surface area contributed by atoms with E-state index in [9.17, 15) is 0 Å². The van der Waals surface area contributed by atoms with Gasteiger partial charge in [-0.1, -0.05) is 33.4 Å². The van der Waals surface area contributed by atoms with Crippen LogP contribution in [-0.4, -0.2) is 4.98 Å². The van der Waals surface area contributed by atoms with Crippen molar-refractivity contribution in [2.24, 2.45) is 5.92 Å². The van der Waals surface area contributed by atoms with Crippen molar-refractivity contribution in [2.45, 2.75) is 33.1 Å². The van der Waals surface area contributed by atoms with Crippen LogP contribution in [-0.2, 0) is 0 Å². The Morgan fingerprint density at radius 1 is 1.36 bits per heavy atom. The quantitative estimate of drug-likeness (QED) is 0.700. The molecule has 0 aliphatic heterocycles. The molecule has 0 fully saturated rings. The minimum atomic E-state index is 0.598. The molecule has 14 heavy (non-hydrogen) atoms. The van der Waals surface area contributed by atoms with Crippen LogP contribution in [0.4, 0.5) is 0 Å². The standard InChI is InChI=1S/C13H19N/c1-5-13-7-6-12(9-14-13)11(4)8-10(2)3/h5-7,9-11H,1,8H2,2-4H3. The summed E-state index contributed by atoms with van der Waals surface area (Å²) < 4.78 is 0. The molecule has 1 aromatic heterocycles. The maximum Gasteiger partial charge on any atom is 0.0623 e. The molecule has 1 heteroatoms. The van der Waals surface area contributed by atoms with Gasteiger partial charge in [0.1, 0.15) is 0 Å². The molecule has 0 amide bonds. The molecule has 0 N–H and O–H groups in total. The highest BCUT2D eigenvalue weighted by Crippen LogP contribution is 2.22. The Morgan fingerprint density at radius 3 is 2.50 bits per heavy atom. The van der Waals surface area contributed by atoms with Crippen LogP contribution in [0, 0.1) is 5.92 Å². The van der Waals surface area contributed by atoms with Gasteiger partial charge in [-0.2, -0.15) is 0 Å². The summed E-state index contributed by atoms with van der Waals surface area (Å²) in [4.78, 5) is 4.31. The summed E-state index contributed by atoms with van der Waals surface area (Å²) in [5, 5.41) is 0. The third kappa shape index (κ3) is 2.99. The Hall–Kier alpha value is -1.11. The molecular weight excluding hydrogens is 170 g/mol. The Balaban J connectivity index is 2.71. The minimum Gasteiger partial charge on any atom is -0.257 e. The third-order valence-corrected chi connectivity index (χ3v) is 2.41. The fraction of sp³-hybridized carbons (Fsp3) is 0.462. The van der Waals surface area contributed by atoms with E-state index in [1.807, 2.05) is 12.3 Å². The van der Waals surface area contributed by atoms with E-state index < -0.39 is 0 Å². The van der Waals surface area contributed by atoms with Gasteiger partial charge in [0, 0.05) is 6.20 Å². The van der Waals surface area contributed by atoms with E-state index in [-0.39, 0.29) is 0 Å². The largest absolute Gasteiger partial charge is 0.257 e. The molecular formula is C13H19N. The molecule has 0 saturated heterocycles. The number of hydrogen-bond acceptors (Lipinski definition) is 1. The Morgan fingerprint density at radius 2 is 2.07 bits per heavy atom. The Kier molecular flexibility index (Phi) is 3.87. The molecule has 1 atom stereocenters. The molecule has 1 unspecified atom stereocenters. The minimum absolute atomic E-state index is 0.598. The van der Waals surface area contributed by atoms with Crippen LogP contribution in [0.5, 0.6) is 0 Å². The second-order valence-electron chi connectivity index (χ2n) is 4.25. The van der Waals surface area contributed by atoms with Gasteiger partial charge in [-0.3, -0.25) is 4.98 Å². The highest BCUT2D eigenvalue weighted by atomic mass is 14.7. The normalized spacial score (nSPS) is 12.9. The van der Waals surface area contributed by atoms with Crippen LogP contribution in [0.3, 0.4) is 0 Å². The SMILES string of the molecule is C=Cc1ccc(C(C)CC(C)C)cn1. The first-order chi connectivity index (χ1) is 6.63. The zero-order chi connectivity index (χ0) is 10.6. The van der Waals surface area contributed by atoms with E-state index in [1.54, 1.807) is 6.08 Å².